The van der Waals surface area contributed by atoms with Gasteiger partial charge in [-0.2, -0.15) is 0 Å². The van der Waals surface area contributed by atoms with Crippen molar-refractivity contribution in [3.8, 4) is 0 Å². The van der Waals surface area contributed by atoms with Crippen LogP contribution in [0.4, 0.5) is 0 Å². The van der Waals surface area contributed by atoms with E-state index in [2.05, 4.69) is 20.9 Å². The number of hydrogen-bond acceptors (Lipinski definition) is 3. The highest BCUT2D eigenvalue weighted by Gasteiger charge is 2.53. The molecule has 25 heavy (non-hydrogen) atoms. The first-order chi connectivity index (χ1) is 11.5. The maximum Gasteiger partial charge on any atom is 0.316 e. The number of aliphatic hydroxyl groups is 1. The van der Waals surface area contributed by atoms with Crippen LogP contribution in [0.25, 0.3) is 0 Å². The van der Waals surface area contributed by atoms with Crippen LogP contribution in [0.2, 0.25) is 0 Å². The second-order valence-corrected chi connectivity index (χ2v) is 7.88. The molecular formula is C20H32NO4+. The van der Waals surface area contributed by atoms with Gasteiger partial charge in [-0.05, 0) is 19.4 Å². The van der Waals surface area contributed by atoms with E-state index in [0.29, 0.717) is 18.1 Å². The lowest BCUT2D eigenvalue weighted by Crippen LogP contribution is -2.62. The Labute approximate surface area is 150 Å². The van der Waals surface area contributed by atoms with Crippen molar-refractivity contribution in [2.24, 2.45) is 0 Å². The van der Waals surface area contributed by atoms with E-state index in [4.69, 9.17) is 4.74 Å². The molecular weight excluding hydrogens is 318 g/mol. The molecule has 140 valence electrons. The van der Waals surface area contributed by atoms with Gasteiger partial charge < -0.3 is 19.8 Å². The predicted molar refractivity (Wildman–Crippen MR) is 97.1 cm³/mol. The van der Waals surface area contributed by atoms with E-state index in [-0.39, 0.29) is 24.2 Å². The molecule has 2 heterocycles. The summed E-state index contributed by atoms with van der Waals surface area (Å²) in [6, 6.07) is 11.2. The van der Waals surface area contributed by atoms with Crippen LogP contribution in [0.1, 0.15) is 51.0 Å². The summed E-state index contributed by atoms with van der Waals surface area (Å²) in [4.78, 5) is 12.6. The number of nitrogens with zero attached hydrogens (tertiary/aromatic N) is 1. The van der Waals surface area contributed by atoms with Crippen LogP contribution in [0, 0.1) is 0 Å². The molecule has 2 bridgehead atoms. The van der Waals surface area contributed by atoms with E-state index in [9.17, 15) is 9.90 Å². The lowest BCUT2D eigenvalue weighted by Gasteiger charge is -2.49. The van der Waals surface area contributed by atoms with Gasteiger partial charge in [-0.15, -0.1) is 0 Å². The fraction of sp³-hybridized carbons (Fsp3) is 0.650. The zero-order valence-electron chi connectivity index (χ0n) is 15.5. The molecule has 3 rings (SSSR count). The van der Waals surface area contributed by atoms with E-state index in [1.807, 2.05) is 30.3 Å². The number of piperidine rings is 1. The molecule has 2 fully saturated rings. The molecule has 2 saturated heterocycles. The molecule has 2 aliphatic rings. The number of aliphatic hydroxyl groups excluding tert-OH is 1. The maximum atomic E-state index is 12.6. The quantitative estimate of drug-likeness (QED) is 0.652. The van der Waals surface area contributed by atoms with Crippen LogP contribution in [0.3, 0.4) is 0 Å². The second-order valence-electron chi connectivity index (χ2n) is 7.88. The summed E-state index contributed by atoms with van der Waals surface area (Å²) in [7, 11) is 2.37. The first kappa shape index (κ1) is 19.9. The van der Waals surface area contributed by atoms with Crippen molar-refractivity contribution in [1.82, 2.24) is 0 Å². The van der Waals surface area contributed by atoms with E-state index < -0.39 is 5.92 Å². The highest BCUT2D eigenvalue weighted by molar-refractivity contribution is 5.78. The van der Waals surface area contributed by atoms with Crippen LogP contribution >= 0.6 is 0 Å². The fourth-order valence-corrected chi connectivity index (χ4v) is 4.82. The number of hydrogen-bond donors (Lipinski definition) is 1. The predicted octanol–water partition coefficient (Wildman–Crippen LogP) is 2.03. The summed E-state index contributed by atoms with van der Waals surface area (Å²) in [5.41, 5.74) is 0.826. The van der Waals surface area contributed by atoms with Crippen molar-refractivity contribution >= 4 is 5.97 Å². The van der Waals surface area contributed by atoms with E-state index in [0.717, 1.165) is 22.9 Å². The monoisotopic (exact) mass is 350 g/mol. The minimum Gasteiger partial charge on any atom is -0.461 e. The van der Waals surface area contributed by atoms with Crippen LogP contribution in [-0.4, -0.2) is 58.9 Å². The molecule has 2 aliphatic heterocycles. The number of fused-ring (bicyclic) bond motifs is 2. The van der Waals surface area contributed by atoms with Gasteiger partial charge in [0.15, 0.2) is 0 Å². The molecule has 5 heteroatoms. The number of carbonyl (C=O) groups is 1. The topological polar surface area (TPSA) is 78.0 Å². The fourth-order valence-electron chi connectivity index (χ4n) is 4.82. The maximum absolute atomic E-state index is 12.6. The summed E-state index contributed by atoms with van der Waals surface area (Å²) >= 11 is 0. The number of benzene rings is 1. The standard InChI is InChI=1S/C20H30NO3.H2O/c1-14(2)21(3)16-9-10-17(21)12-18(11-16)24-20(23)19(13-22)15-7-5-4-6-8-15;/h4-8,14,16-19,22H,9-13H2,1-3H3;1H2/q+1;. The van der Waals surface area contributed by atoms with Crippen molar-refractivity contribution in [3.05, 3.63) is 35.9 Å². The van der Waals surface area contributed by atoms with Crippen LogP contribution < -0.4 is 0 Å². The summed E-state index contributed by atoms with van der Waals surface area (Å²) in [6.07, 6.45) is 4.36. The number of carbonyl (C=O) groups excluding carboxylic acids is 1. The third-order valence-corrected chi connectivity index (χ3v) is 6.54. The first-order valence-electron chi connectivity index (χ1n) is 9.18. The smallest absolute Gasteiger partial charge is 0.316 e. The molecule has 3 atom stereocenters. The van der Waals surface area contributed by atoms with Crippen LogP contribution in [0.15, 0.2) is 30.3 Å². The molecule has 0 aromatic heterocycles. The lowest BCUT2D eigenvalue weighted by molar-refractivity contribution is -0.968. The Morgan fingerprint density at radius 2 is 1.76 bits per heavy atom. The number of rotatable bonds is 5. The first-order valence-corrected chi connectivity index (χ1v) is 9.18. The van der Waals surface area contributed by atoms with Crippen molar-refractivity contribution < 1.29 is 24.6 Å². The Kier molecular flexibility index (Phi) is 6.25. The average Bonchev–Trinajstić information content (AvgIpc) is 2.74. The van der Waals surface area contributed by atoms with Crippen LogP contribution in [0.5, 0.6) is 0 Å². The molecule has 1 aromatic carbocycles. The Balaban J connectivity index is 0.00000225. The highest BCUT2D eigenvalue weighted by Crippen LogP contribution is 2.44. The van der Waals surface area contributed by atoms with Gasteiger partial charge in [-0.1, -0.05) is 30.3 Å². The SMILES string of the molecule is CC(C)[N+]1(C)C2CCC1CC(OC(=O)C(CO)c1ccccc1)C2.O. The van der Waals surface area contributed by atoms with Crippen LogP contribution in [-0.2, 0) is 9.53 Å². The van der Waals surface area contributed by atoms with Gasteiger partial charge >= 0.3 is 5.97 Å². The third kappa shape index (κ3) is 3.59. The van der Waals surface area contributed by atoms with Gasteiger partial charge in [0.1, 0.15) is 12.0 Å². The van der Waals surface area contributed by atoms with Gasteiger partial charge in [0, 0.05) is 25.7 Å². The van der Waals surface area contributed by atoms with E-state index in [1.165, 1.54) is 12.8 Å². The Morgan fingerprint density at radius 1 is 1.20 bits per heavy atom. The number of ether oxygens (including phenoxy) is 1. The molecule has 0 amide bonds. The molecule has 1 aromatic rings. The molecule has 0 saturated carbocycles. The van der Waals surface area contributed by atoms with Crippen molar-refractivity contribution in [1.29, 1.82) is 0 Å². The summed E-state index contributed by atoms with van der Waals surface area (Å²) < 4.78 is 6.96. The summed E-state index contributed by atoms with van der Waals surface area (Å²) in [5, 5.41) is 9.65. The van der Waals surface area contributed by atoms with Crippen molar-refractivity contribution in [2.75, 3.05) is 13.7 Å². The second kappa shape index (κ2) is 7.85. The minimum atomic E-state index is -0.572. The third-order valence-electron chi connectivity index (χ3n) is 6.54. The zero-order chi connectivity index (χ0) is 17.3. The summed E-state index contributed by atoms with van der Waals surface area (Å²) in [6.45, 7) is 4.39. The van der Waals surface area contributed by atoms with E-state index >= 15 is 0 Å². The van der Waals surface area contributed by atoms with Gasteiger partial charge in [0.2, 0.25) is 0 Å². The molecule has 3 unspecified atom stereocenters. The lowest BCUT2D eigenvalue weighted by atomic mass is 9.94. The average molecular weight is 350 g/mol. The van der Waals surface area contributed by atoms with Gasteiger partial charge in [0.05, 0.1) is 31.8 Å². The Morgan fingerprint density at radius 3 is 2.24 bits per heavy atom. The zero-order valence-corrected chi connectivity index (χ0v) is 15.5. The molecule has 0 radical (unpaired) electrons. The van der Waals surface area contributed by atoms with Gasteiger partial charge in [-0.3, -0.25) is 4.79 Å². The molecule has 3 N–H and O–H groups in total. The Hall–Kier alpha value is -1.43. The number of esters is 1. The highest BCUT2D eigenvalue weighted by atomic mass is 16.5. The normalized spacial score (nSPS) is 32.1. The van der Waals surface area contributed by atoms with Crippen molar-refractivity contribution in [3.63, 3.8) is 0 Å². The Bertz CT molecular complexity index is 560. The largest absolute Gasteiger partial charge is 0.461 e. The van der Waals surface area contributed by atoms with Gasteiger partial charge in [0.25, 0.3) is 0 Å². The number of quaternary nitrogens is 1. The summed E-state index contributed by atoms with van der Waals surface area (Å²) in [5.74, 6) is -0.856. The molecule has 5 nitrogen and oxygen atoms in total. The molecule has 0 aliphatic carbocycles. The molecule has 0 spiro atoms. The van der Waals surface area contributed by atoms with E-state index in [1.54, 1.807) is 0 Å². The minimum absolute atomic E-state index is 0. The van der Waals surface area contributed by atoms with Gasteiger partial charge in [-0.25, -0.2) is 0 Å². The van der Waals surface area contributed by atoms with Crippen molar-refractivity contribution in [2.45, 2.75) is 69.7 Å².